The third-order valence-corrected chi connectivity index (χ3v) is 5.66. The molecule has 0 saturated carbocycles. The Morgan fingerprint density at radius 2 is 1.77 bits per heavy atom. The van der Waals surface area contributed by atoms with Gasteiger partial charge in [-0.15, -0.1) is 0 Å². The van der Waals surface area contributed by atoms with Gasteiger partial charge in [0.15, 0.2) is 0 Å². The molecule has 0 unspecified atom stereocenters. The van der Waals surface area contributed by atoms with Gasteiger partial charge in [0.05, 0.1) is 18.9 Å². The second kappa shape index (κ2) is 8.19. The summed E-state index contributed by atoms with van der Waals surface area (Å²) in [6, 6.07) is 24.4. The van der Waals surface area contributed by atoms with E-state index in [1.807, 2.05) is 48.5 Å². The van der Waals surface area contributed by atoms with Crippen LogP contribution in [0.4, 0.5) is 0 Å². The average molecular weight is 412 g/mol. The van der Waals surface area contributed by atoms with Crippen LogP contribution in [0.1, 0.15) is 35.4 Å². The third kappa shape index (κ3) is 3.63. The van der Waals surface area contributed by atoms with E-state index in [2.05, 4.69) is 35.9 Å². The van der Waals surface area contributed by atoms with Gasteiger partial charge >= 0.3 is 0 Å². The third-order valence-electron chi connectivity index (χ3n) is 5.66. The number of benzene rings is 3. The van der Waals surface area contributed by atoms with Crippen molar-refractivity contribution < 1.29 is 14.2 Å². The van der Waals surface area contributed by atoms with Crippen LogP contribution in [-0.2, 0) is 0 Å². The minimum atomic E-state index is -0.293. The molecule has 0 bridgehead atoms. The van der Waals surface area contributed by atoms with Crippen LogP contribution in [0.15, 0.2) is 90.6 Å². The zero-order valence-electron chi connectivity index (χ0n) is 17.4. The molecule has 0 fully saturated rings. The summed E-state index contributed by atoms with van der Waals surface area (Å²) >= 11 is 0. The van der Waals surface area contributed by atoms with Gasteiger partial charge in [0.25, 0.3) is 0 Å². The summed E-state index contributed by atoms with van der Waals surface area (Å²) in [6.45, 7) is 4.18. The SMILES string of the molecule is C=CCOc1ccc(C2=NN3[C@@H](c4ccc(OC)cc4)Oc4ccccc4[C@@H]3C2)cc1. The lowest BCUT2D eigenvalue weighted by Crippen LogP contribution is -2.33. The number of hydrogen-bond donors (Lipinski definition) is 0. The van der Waals surface area contributed by atoms with Crippen molar-refractivity contribution in [2.75, 3.05) is 13.7 Å². The number of hydrogen-bond acceptors (Lipinski definition) is 5. The number of nitrogens with zero attached hydrogens (tertiary/aromatic N) is 2. The summed E-state index contributed by atoms with van der Waals surface area (Å²) in [4.78, 5) is 0. The largest absolute Gasteiger partial charge is 0.497 e. The van der Waals surface area contributed by atoms with Gasteiger partial charge in [-0.05, 0) is 60.2 Å². The van der Waals surface area contributed by atoms with Gasteiger partial charge in [0.1, 0.15) is 23.9 Å². The summed E-state index contributed by atoms with van der Waals surface area (Å²) in [7, 11) is 1.67. The second-order valence-corrected chi connectivity index (χ2v) is 7.55. The van der Waals surface area contributed by atoms with E-state index in [1.165, 1.54) is 0 Å². The van der Waals surface area contributed by atoms with Crippen molar-refractivity contribution in [2.45, 2.75) is 18.7 Å². The predicted molar refractivity (Wildman–Crippen MR) is 121 cm³/mol. The maximum absolute atomic E-state index is 6.40. The minimum absolute atomic E-state index is 0.128. The topological polar surface area (TPSA) is 43.3 Å². The van der Waals surface area contributed by atoms with E-state index in [4.69, 9.17) is 19.3 Å². The molecule has 0 amide bonds. The Morgan fingerprint density at radius 1 is 1.03 bits per heavy atom. The number of methoxy groups -OCH3 is 1. The zero-order valence-corrected chi connectivity index (χ0v) is 17.4. The van der Waals surface area contributed by atoms with Crippen LogP contribution in [0.2, 0.25) is 0 Å². The van der Waals surface area contributed by atoms with Crippen LogP contribution in [0.25, 0.3) is 0 Å². The number of hydrazone groups is 1. The Balaban J connectivity index is 1.48. The smallest absolute Gasteiger partial charge is 0.213 e. The van der Waals surface area contributed by atoms with Crippen molar-refractivity contribution in [3.05, 3.63) is 102 Å². The molecule has 3 aromatic rings. The molecule has 0 radical (unpaired) electrons. The number of fused-ring (bicyclic) bond motifs is 3. The molecule has 0 saturated heterocycles. The molecule has 3 aromatic carbocycles. The van der Waals surface area contributed by atoms with E-state index in [1.54, 1.807) is 13.2 Å². The molecular formula is C26H24N2O3. The van der Waals surface area contributed by atoms with Gasteiger partial charge in [-0.25, -0.2) is 5.01 Å². The van der Waals surface area contributed by atoms with Crippen LogP contribution < -0.4 is 14.2 Å². The standard InChI is InChI=1S/C26H24N2O3/c1-3-16-30-21-14-8-18(9-15-21)23-17-24-22-6-4-5-7-25(22)31-26(28(24)27-23)19-10-12-20(29-2)13-11-19/h3-15,24,26H,1,16-17H2,2H3/t24-,26+/m0/s1. The summed E-state index contributed by atoms with van der Waals surface area (Å²) in [5.41, 5.74) is 4.33. The maximum atomic E-state index is 6.40. The Kier molecular flexibility index (Phi) is 5.08. The summed E-state index contributed by atoms with van der Waals surface area (Å²) in [6.07, 6.45) is 2.27. The molecular weight excluding hydrogens is 388 g/mol. The monoisotopic (exact) mass is 412 g/mol. The highest BCUT2D eigenvalue weighted by Gasteiger charge is 2.40. The maximum Gasteiger partial charge on any atom is 0.213 e. The van der Waals surface area contributed by atoms with E-state index >= 15 is 0 Å². The van der Waals surface area contributed by atoms with Crippen LogP contribution in [0, 0.1) is 0 Å². The van der Waals surface area contributed by atoms with E-state index < -0.39 is 0 Å². The lowest BCUT2D eigenvalue weighted by Gasteiger charge is -2.38. The van der Waals surface area contributed by atoms with E-state index in [0.717, 1.165) is 46.1 Å². The van der Waals surface area contributed by atoms with Gasteiger partial charge in [0.2, 0.25) is 6.23 Å². The molecule has 2 aliphatic heterocycles. The molecule has 0 N–H and O–H groups in total. The fourth-order valence-electron chi connectivity index (χ4n) is 4.10. The highest BCUT2D eigenvalue weighted by atomic mass is 16.5. The molecule has 5 nitrogen and oxygen atoms in total. The van der Waals surface area contributed by atoms with Crippen molar-refractivity contribution in [2.24, 2.45) is 5.10 Å². The van der Waals surface area contributed by atoms with Crippen LogP contribution >= 0.6 is 0 Å². The first-order chi connectivity index (χ1) is 15.3. The first-order valence-electron chi connectivity index (χ1n) is 10.4. The summed E-state index contributed by atoms with van der Waals surface area (Å²) in [5.74, 6) is 2.56. The lowest BCUT2D eigenvalue weighted by molar-refractivity contribution is -0.0190. The number of ether oxygens (including phenoxy) is 3. The summed E-state index contributed by atoms with van der Waals surface area (Å²) < 4.78 is 17.3. The normalized spacial score (nSPS) is 19.0. The molecule has 2 heterocycles. The molecule has 5 rings (SSSR count). The van der Waals surface area contributed by atoms with Crippen LogP contribution in [0.5, 0.6) is 17.2 Å². The Bertz CT molecular complexity index is 1110. The van der Waals surface area contributed by atoms with Crippen molar-refractivity contribution in [1.29, 1.82) is 0 Å². The molecule has 0 aromatic heterocycles. The second-order valence-electron chi connectivity index (χ2n) is 7.55. The quantitative estimate of drug-likeness (QED) is 0.501. The molecule has 2 aliphatic rings. The van der Waals surface area contributed by atoms with E-state index in [0.29, 0.717) is 6.61 Å². The molecule has 5 heteroatoms. The Hall–Kier alpha value is -3.73. The van der Waals surface area contributed by atoms with Crippen LogP contribution in [-0.4, -0.2) is 24.4 Å². The first-order valence-corrected chi connectivity index (χ1v) is 10.4. The Labute approximate surface area is 182 Å². The summed E-state index contributed by atoms with van der Waals surface area (Å²) in [5, 5.41) is 7.09. The van der Waals surface area contributed by atoms with Crippen molar-refractivity contribution >= 4 is 5.71 Å². The van der Waals surface area contributed by atoms with Gasteiger partial charge in [-0.3, -0.25) is 0 Å². The Morgan fingerprint density at radius 3 is 2.52 bits per heavy atom. The predicted octanol–water partition coefficient (Wildman–Crippen LogP) is 5.50. The molecule has 0 spiro atoms. The van der Waals surface area contributed by atoms with E-state index in [9.17, 15) is 0 Å². The molecule has 0 aliphatic carbocycles. The van der Waals surface area contributed by atoms with Crippen LogP contribution in [0.3, 0.4) is 0 Å². The molecule has 31 heavy (non-hydrogen) atoms. The van der Waals surface area contributed by atoms with Crippen molar-refractivity contribution in [1.82, 2.24) is 5.01 Å². The minimum Gasteiger partial charge on any atom is -0.497 e. The highest BCUT2D eigenvalue weighted by molar-refractivity contribution is 6.02. The number of rotatable bonds is 6. The van der Waals surface area contributed by atoms with Crippen molar-refractivity contribution in [3.8, 4) is 17.2 Å². The number of para-hydroxylation sites is 1. The highest BCUT2D eigenvalue weighted by Crippen LogP contribution is 2.47. The lowest BCUT2D eigenvalue weighted by atomic mass is 9.96. The average Bonchev–Trinajstić information content (AvgIpc) is 3.28. The van der Waals surface area contributed by atoms with Gasteiger partial charge in [0, 0.05) is 17.5 Å². The fraction of sp³-hybridized carbons (Fsp3) is 0.192. The van der Waals surface area contributed by atoms with Gasteiger partial charge in [-0.2, -0.15) is 5.10 Å². The zero-order chi connectivity index (χ0) is 21.2. The van der Waals surface area contributed by atoms with Gasteiger partial charge in [-0.1, -0.05) is 30.9 Å². The molecule has 2 atom stereocenters. The van der Waals surface area contributed by atoms with E-state index in [-0.39, 0.29) is 12.3 Å². The molecule has 156 valence electrons. The van der Waals surface area contributed by atoms with Gasteiger partial charge < -0.3 is 14.2 Å². The van der Waals surface area contributed by atoms with Crippen molar-refractivity contribution in [3.63, 3.8) is 0 Å². The fourth-order valence-corrected chi connectivity index (χ4v) is 4.10. The first kappa shape index (κ1) is 19.2.